The van der Waals surface area contributed by atoms with Crippen LogP contribution in [-0.2, 0) is 6.54 Å². The van der Waals surface area contributed by atoms with Crippen LogP contribution in [-0.4, -0.2) is 10.9 Å². The van der Waals surface area contributed by atoms with E-state index in [1.54, 1.807) is 42.6 Å². The van der Waals surface area contributed by atoms with Gasteiger partial charge in [0.15, 0.2) is 0 Å². The van der Waals surface area contributed by atoms with Crippen LogP contribution in [0.25, 0.3) is 0 Å². The van der Waals surface area contributed by atoms with E-state index in [1.807, 2.05) is 30.3 Å². The molecule has 0 aliphatic carbocycles. The van der Waals surface area contributed by atoms with Gasteiger partial charge in [-0.2, -0.15) is 5.26 Å². The van der Waals surface area contributed by atoms with Gasteiger partial charge in [-0.3, -0.25) is 9.78 Å². The molecule has 1 aromatic heterocycles. The third kappa shape index (κ3) is 4.59. The van der Waals surface area contributed by atoms with Crippen molar-refractivity contribution >= 4 is 28.9 Å². The number of halogens is 1. The Bertz CT molecular complexity index is 947. The van der Waals surface area contributed by atoms with Crippen LogP contribution in [0.2, 0.25) is 5.02 Å². The van der Waals surface area contributed by atoms with E-state index in [-0.39, 0.29) is 5.91 Å². The van der Waals surface area contributed by atoms with Gasteiger partial charge in [-0.05, 0) is 54.1 Å². The Hall–Kier alpha value is -3.36. The first kappa shape index (κ1) is 17.5. The second kappa shape index (κ2) is 8.15. The van der Waals surface area contributed by atoms with E-state index in [2.05, 4.69) is 15.6 Å². The number of nitrogens with zero attached hydrogens (tertiary/aromatic N) is 2. The van der Waals surface area contributed by atoms with Gasteiger partial charge in [-0.15, -0.1) is 0 Å². The summed E-state index contributed by atoms with van der Waals surface area (Å²) in [4.78, 5) is 16.5. The first-order chi connectivity index (χ1) is 12.6. The predicted octanol–water partition coefficient (Wildman–Crippen LogP) is 4.47. The van der Waals surface area contributed by atoms with Gasteiger partial charge in [0.25, 0.3) is 5.91 Å². The zero-order chi connectivity index (χ0) is 18.4. The molecule has 2 aromatic carbocycles. The molecule has 5 nitrogen and oxygen atoms in total. The first-order valence-corrected chi connectivity index (χ1v) is 8.28. The van der Waals surface area contributed by atoms with Crippen LogP contribution in [0.3, 0.4) is 0 Å². The smallest absolute Gasteiger partial charge is 0.274 e. The Morgan fingerprint density at radius 1 is 1.04 bits per heavy atom. The normalized spacial score (nSPS) is 10.0. The van der Waals surface area contributed by atoms with E-state index in [1.165, 1.54) is 0 Å². The molecule has 1 amide bonds. The van der Waals surface area contributed by atoms with Crippen LogP contribution in [0.1, 0.15) is 21.6 Å². The summed E-state index contributed by atoms with van der Waals surface area (Å²) in [7, 11) is 0. The summed E-state index contributed by atoms with van der Waals surface area (Å²) in [5.41, 5.74) is 3.31. The lowest BCUT2D eigenvalue weighted by Crippen LogP contribution is -2.14. The van der Waals surface area contributed by atoms with Crippen molar-refractivity contribution in [3.05, 3.63) is 88.7 Å². The van der Waals surface area contributed by atoms with Crippen molar-refractivity contribution in [2.75, 3.05) is 10.6 Å². The van der Waals surface area contributed by atoms with E-state index in [0.717, 1.165) is 11.3 Å². The van der Waals surface area contributed by atoms with Crippen molar-refractivity contribution < 1.29 is 4.79 Å². The quantitative estimate of drug-likeness (QED) is 0.701. The highest BCUT2D eigenvalue weighted by atomic mass is 35.5. The maximum atomic E-state index is 12.4. The van der Waals surface area contributed by atoms with Gasteiger partial charge < -0.3 is 10.6 Å². The number of benzene rings is 2. The number of aromatic nitrogens is 1. The van der Waals surface area contributed by atoms with E-state index in [4.69, 9.17) is 16.9 Å². The third-order valence-electron chi connectivity index (χ3n) is 3.67. The van der Waals surface area contributed by atoms with Gasteiger partial charge in [0.2, 0.25) is 0 Å². The molecule has 0 bridgehead atoms. The Morgan fingerprint density at radius 2 is 1.77 bits per heavy atom. The van der Waals surface area contributed by atoms with Crippen LogP contribution < -0.4 is 10.6 Å². The van der Waals surface area contributed by atoms with Gasteiger partial charge in [-0.25, -0.2) is 0 Å². The van der Waals surface area contributed by atoms with Gasteiger partial charge in [0, 0.05) is 29.1 Å². The molecule has 0 aliphatic heterocycles. The molecule has 6 heteroatoms. The number of amides is 1. The zero-order valence-corrected chi connectivity index (χ0v) is 14.5. The molecular formula is C20H15ClN4O. The lowest BCUT2D eigenvalue weighted by molar-refractivity contribution is 0.102. The summed E-state index contributed by atoms with van der Waals surface area (Å²) in [6, 6.07) is 19.7. The molecule has 0 saturated carbocycles. The lowest BCUT2D eigenvalue weighted by Gasteiger charge is -2.09. The average Bonchev–Trinajstić information content (AvgIpc) is 2.68. The van der Waals surface area contributed by atoms with Crippen molar-refractivity contribution in [2.24, 2.45) is 0 Å². The molecule has 128 valence electrons. The molecule has 0 radical (unpaired) electrons. The van der Waals surface area contributed by atoms with Crippen molar-refractivity contribution in [1.82, 2.24) is 4.98 Å². The molecule has 1 heterocycles. The number of pyridine rings is 1. The number of rotatable bonds is 5. The predicted molar refractivity (Wildman–Crippen MR) is 102 cm³/mol. The van der Waals surface area contributed by atoms with Crippen LogP contribution in [0, 0.1) is 11.3 Å². The Labute approximate surface area is 156 Å². The van der Waals surface area contributed by atoms with E-state index < -0.39 is 0 Å². The minimum atomic E-state index is -0.315. The molecule has 0 fully saturated rings. The molecule has 3 rings (SSSR count). The van der Waals surface area contributed by atoms with E-state index in [0.29, 0.717) is 28.5 Å². The largest absolute Gasteiger partial charge is 0.381 e. The molecule has 0 saturated heterocycles. The second-order valence-corrected chi connectivity index (χ2v) is 5.99. The van der Waals surface area contributed by atoms with Crippen LogP contribution >= 0.6 is 11.6 Å². The molecule has 0 atom stereocenters. The molecule has 26 heavy (non-hydrogen) atoms. The second-order valence-electron chi connectivity index (χ2n) is 5.55. The van der Waals surface area contributed by atoms with Gasteiger partial charge in [0.05, 0.1) is 11.6 Å². The lowest BCUT2D eigenvalue weighted by atomic mass is 10.2. The van der Waals surface area contributed by atoms with Crippen molar-refractivity contribution in [2.45, 2.75) is 6.54 Å². The summed E-state index contributed by atoms with van der Waals surface area (Å²) in [5.74, 6) is -0.315. The first-order valence-electron chi connectivity index (χ1n) is 7.90. The summed E-state index contributed by atoms with van der Waals surface area (Å²) >= 11 is 5.88. The van der Waals surface area contributed by atoms with Crippen molar-refractivity contribution in [3.8, 4) is 6.07 Å². The molecule has 0 spiro atoms. The minimum absolute atomic E-state index is 0.301. The van der Waals surface area contributed by atoms with Crippen LogP contribution in [0.4, 0.5) is 11.4 Å². The summed E-state index contributed by atoms with van der Waals surface area (Å²) < 4.78 is 0. The van der Waals surface area contributed by atoms with Crippen LogP contribution in [0.15, 0.2) is 66.9 Å². The number of carbonyl (C=O) groups is 1. The fourth-order valence-corrected chi connectivity index (χ4v) is 2.42. The van der Waals surface area contributed by atoms with E-state index >= 15 is 0 Å². The number of carbonyl (C=O) groups excluding carboxylic acids is 1. The molecular weight excluding hydrogens is 348 g/mol. The molecule has 0 aliphatic rings. The van der Waals surface area contributed by atoms with E-state index in [9.17, 15) is 4.79 Å². The fraction of sp³-hybridized carbons (Fsp3) is 0.0500. The molecule has 2 N–H and O–H groups in total. The Morgan fingerprint density at radius 3 is 2.46 bits per heavy atom. The Kier molecular flexibility index (Phi) is 5.47. The third-order valence-corrected chi connectivity index (χ3v) is 3.93. The number of hydrogen-bond acceptors (Lipinski definition) is 4. The number of nitrogens with one attached hydrogen (secondary N) is 2. The monoisotopic (exact) mass is 362 g/mol. The van der Waals surface area contributed by atoms with Crippen molar-refractivity contribution in [3.63, 3.8) is 0 Å². The summed E-state index contributed by atoms with van der Waals surface area (Å²) in [5, 5.41) is 15.5. The molecule has 0 unspecified atom stereocenters. The highest BCUT2D eigenvalue weighted by Crippen LogP contribution is 2.15. The SMILES string of the molecule is N#Cc1ccc(NC(=O)c2cc(NCc3ccc(Cl)cc3)ccn2)cc1. The van der Waals surface area contributed by atoms with Gasteiger partial charge in [-0.1, -0.05) is 23.7 Å². The summed E-state index contributed by atoms with van der Waals surface area (Å²) in [6.07, 6.45) is 1.58. The summed E-state index contributed by atoms with van der Waals surface area (Å²) in [6.45, 7) is 0.609. The maximum Gasteiger partial charge on any atom is 0.274 e. The highest BCUT2D eigenvalue weighted by Gasteiger charge is 2.08. The number of hydrogen-bond donors (Lipinski definition) is 2. The topological polar surface area (TPSA) is 77.8 Å². The van der Waals surface area contributed by atoms with Crippen molar-refractivity contribution in [1.29, 1.82) is 5.26 Å². The van der Waals surface area contributed by atoms with Gasteiger partial charge in [0.1, 0.15) is 5.69 Å². The average molecular weight is 363 g/mol. The maximum absolute atomic E-state index is 12.4. The molecule has 3 aromatic rings. The zero-order valence-electron chi connectivity index (χ0n) is 13.7. The van der Waals surface area contributed by atoms with Gasteiger partial charge >= 0.3 is 0 Å². The Balaban J connectivity index is 1.64. The standard InChI is InChI=1S/C20H15ClN4O/c21-16-5-1-15(2-6-16)13-24-18-9-10-23-19(11-18)20(26)25-17-7-3-14(12-22)4-8-17/h1-11H,13H2,(H,23,24)(H,25,26). The minimum Gasteiger partial charge on any atom is -0.381 e. The number of nitriles is 1. The highest BCUT2D eigenvalue weighted by molar-refractivity contribution is 6.30. The van der Waals surface area contributed by atoms with Crippen LogP contribution in [0.5, 0.6) is 0 Å². The fourth-order valence-electron chi connectivity index (χ4n) is 2.29. The number of anilines is 2.